The molecule has 25 heavy (non-hydrogen) atoms. The van der Waals surface area contributed by atoms with Crippen molar-refractivity contribution in [2.45, 2.75) is 6.29 Å². The predicted molar refractivity (Wildman–Crippen MR) is 89.5 cm³/mol. The maximum absolute atomic E-state index is 5.32. The number of aromatic nitrogens is 7. The summed E-state index contributed by atoms with van der Waals surface area (Å²) in [7, 11) is 5.00. The van der Waals surface area contributed by atoms with Crippen LogP contribution in [0.3, 0.4) is 0 Å². The largest absolute Gasteiger partial charge is 0.349 e. The first-order valence-corrected chi connectivity index (χ1v) is 7.65. The molecule has 4 heterocycles. The van der Waals surface area contributed by atoms with Crippen molar-refractivity contribution in [3.8, 4) is 22.6 Å². The highest BCUT2D eigenvalue weighted by molar-refractivity contribution is 5.76. The third-order valence-corrected chi connectivity index (χ3v) is 3.89. The van der Waals surface area contributed by atoms with Gasteiger partial charge in [-0.3, -0.25) is 4.68 Å². The molecule has 0 saturated carbocycles. The molecular formula is C16H17N7O2. The number of H-pyrrole nitrogens is 1. The molecule has 0 atom stereocenters. The minimum Gasteiger partial charge on any atom is -0.349 e. The van der Waals surface area contributed by atoms with E-state index in [2.05, 4.69) is 25.1 Å². The molecule has 0 aromatic carbocycles. The highest BCUT2D eigenvalue weighted by atomic mass is 16.7. The molecule has 0 saturated heterocycles. The van der Waals surface area contributed by atoms with E-state index in [1.165, 1.54) is 6.33 Å². The van der Waals surface area contributed by atoms with Gasteiger partial charge in [0.15, 0.2) is 11.5 Å². The topological polar surface area (TPSA) is 95.2 Å². The van der Waals surface area contributed by atoms with Crippen LogP contribution >= 0.6 is 0 Å². The molecular weight excluding hydrogens is 322 g/mol. The SMILES string of the molecule is COC(OC)c1nc(-c2ccn(C)n2)c(-c2ccc3ncnn3c2)[nH]1. The summed E-state index contributed by atoms with van der Waals surface area (Å²) >= 11 is 0. The Morgan fingerprint density at radius 1 is 1.16 bits per heavy atom. The van der Waals surface area contributed by atoms with Gasteiger partial charge in [-0.2, -0.15) is 10.2 Å². The Bertz CT molecular complexity index is 1010. The number of nitrogens with zero attached hydrogens (tertiary/aromatic N) is 6. The van der Waals surface area contributed by atoms with E-state index in [0.29, 0.717) is 11.5 Å². The number of fused-ring (bicyclic) bond motifs is 1. The molecule has 0 unspecified atom stereocenters. The number of ether oxygens (including phenoxy) is 2. The maximum atomic E-state index is 5.32. The predicted octanol–water partition coefficient (Wildman–Crippen LogP) is 1.81. The third-order valence-electron chi connectivity index (χ3n) is 3.89. The van der Waals surface area contributed by atoms with Gasteiger partial charge in [0.2, 0.25) is 6.29 Å². The number of rotatable bonds is 5. The van der Waals surface area contributed by atoms with Gasteiger partial charge in [0.25, 0.3) is 0 Å². The number of hydrogen-bond acceptors (Lipinski definition) is 6. The zero-order valence-electron chi connectivity index (χ0n) is 14.0. The normalized spacial score (nSPS) is 11.7. The summed E-state index contributed by atoms with van der Waals surface area (Å²) in [5.74, 6) is 0.569. The quantitative estimate of drug-likeness (QED) is 0.557. The van der Waals surface area contributed by atoms with Gasteiger partial charge in [-0.25, -0.2) is 14.5 Å². The van der Waals surface area contributed by atoms with E-state index >= 15 is 0 Å². The Balaban J connectivity index is 1.89. The Kier molecular flexibility index (Phi) is 3.79. The van der Waals surface area contributed by atoms with Gasteiger partial charge in [0.05, 0.1) is 5.69 Å². The lowest BCUT2D eigenvalue weighted by Crippen LogP contribution is -2.05. The number of methoxy groups -OCH3 is 2. The van der Waals surface area contributed by atoms with Gasteiger partial charge in [0.1, 0.15) is 17.7 Å². The second-order valence-corrected chi connectivity index (χ2v) is 5.50. The smallest absolute Gasteiger partial charge is 0.216 e. The average Bonchev–Trinajstić information content (AvgIpc) is 3.34. The molecule has 0 aliphatic rings. The molecule has 128 valence electrons. The standard InChI is InChI=1S/C16H17N7O2/c1-22-7-6-11(21-22)14-13(19-15(20-14)16(24-2)25-3)10-4-5-12-17-9-18-23(12)8-10/h4-9,16H,1-3H3,(H,19,20). The fourth-order valence-corrected chi connectivity index (χ4v) is 2.72. The van der Waals surface area contributed by atoms with Crippen LogP contribution in [0.4, 0.5) is 0 Å². The van der Waals surface area contributed by atoms with Crippen LogP contribution in [0.25, 0.3) is 28.3 Å². The van der Waals surface area contributed by atoms with Gasteiger partial charge in [-0.15, -0.1) is 0 Å². The molecule has 0 amide bonds. The second-order valence-electron chi connectivity index (χ2n) is 5.50. The second kappa shape index (κ2) is 6.11. The van der Waals surface area contributed by atoms with E-state index in [1.807, 2.05) is 37.6 Å². The molecule has 9 nitrogen and oxygen atoms in total. The fraction of sp³-hybridized carbons (Fsp3) is 0.250. The van der Waals surface area contributed by atoms with Crippen molar-refractivity contribution in [3.63, 3.8) is 0 Å². The van der Waals surface area contributed by atoms with Crippen LogP contribution in [-0.2, 0) is 16.5 Å². The summed E-state index contributed by atoms with van der Waals surface area (Å²) in [4.78, 5) is 12.1. The van der Waals surface area contributed by atoms with E-state index in [9.17, 15) is 0 Å². The van der Waals surface area contributed by atoms with Crippen LogP contribution in [0.15, 0.2) is 36.9 Å². The molecule has 0 radical (unpaired) electrons. The van der Waals surface area contributed by atoms with Crippen LogP contribution in [0, 0.1) is 0 Å². The van der Waals surface area contributed by atoms with Gasteiger partial charge >= 0.3 is 0 Å². The van der Waals surface area contributed by atoms with E-state index in [4.69, 9.17) is 9.47 Å². The van der Waals surface area contributed by atoms with Crippen molar-refractivity contribution in [1.29, 1.82) is 0 Å². The van der Waals surface area contributed by atoms with Gasteiger partial charge in [-0.05, 0) is 18.2 Å². The van der Waals surface area contributed by atoms with Crippen molar-refractivity contribution in [3.05, 3.63) is 42.7 Å². The van der Waals surface area contributed by atoms with Crippen LogP contribution in [-0.4, -0.2) is 48.6 Å². The highest BCUT2D eigenvalue weighted by Gasteiger charge is 2.21. The number of imidazole rings is 1. The van der Waals surface area contributed by atoms with Crippen molar-refractivity contribution in [2.75, 3.05) is 14.2 Å². The zero-order valence-corrected chi connectivity index (χ0v) is 14.0. The average molecular weight is 339 g/mol. The Hall–Kier alpha value is -3.04. The molecule has 0 fully saturated rings. The molecule has 4 rings (SSSR count). The van der Waals surface area contributed by atoms with Crippen molar-refractivity contribution in [1.82, 2.24) is 34.3 Å². The van der Waals surface area contributed by atoms with Crippen molar-refractivity contribution >= 4 is 5.65 Å². The zero-order chi connectivity index (χ0) is 17.4. The first-order valence-electron chi connectivity index (χ1n) is 7.65. The van der Waals surface area contributed by atoms with E-state index in [-0.39, 0.29) is 0 Å². The third kappa shape index (κ3) is 2.69. The molecule has 0 aliphatic carbocycles. The van der Waals surface area contributed by atoms with Crippen molar-refractivity contribution < 1.29 is 9.47 Å². The Morgan fingerprint density at radius 2 is 2.00 bits per heavy atom. The first kappa shape index (κ1) is 15.5. The molecule has 0 bridgehead atoms. The minimum absolute atomic E-state index is 0.569. The first-order chi connectivity index (χ1) is 12.2. The maximum Gasteiger partial charge on any atom is 0.216 e. The number of pyridine rings is 1. The molecule has 4 aromatic rings. The Labute approximate surface area is 143 Å². The van der Waals surface area contributed by atoms with Gasteiger partial charge in [0, 0.05) is 39.2 Å². The van der Waals surface area contributed by atoms with Gasteiger partial charge < -0.3 is 14.5 Å². The monoisotopic (exact) mass is 339 g/mol. The molecule has 4 aromatic heterocycles. The fourth-order valence-electron chi connectivity index (χ4n) is 2.72. The van der Waals surface area contributed by atoms with E-state index in [1.54, 1.807) is 23.4 Å². The van der Waals surface area contributed by atoms with Crippen LogP contribution in [0.2, 0.25) is 0 Å². The lowest BCUT2D eigenvalue weighted by molar-refractivity contribution is -0.111. The number of aromatic amines is 1. The van der Waals surface area contributed by atoms with Gasteiger partial charge in [-0.1, -0.05) is 0 Å². The molecule has 1 N–H and O–H groups in total. The number of aryl methyl sites for hydroxylation is 1. The molecule has 0 aliphatic heterocycles. The lowest BCUT2D eigenvalue weighted by atomic mass is 10.1. The van der Waals surface area contributed by atoms with Crippen LogP contribution in [0.5, 0.6) is 0 Å². The summed E-state index contributed by atoms with van der Waals surface area (Å²) in [5, 5.41) is 8.65. The molecule has 0 spiro atoms. The summed E-state index contributed by atoms with van der Waals surface area (Å²) in [6, 6.07) is 5.77. The molecule has 9 heteroatoms. The lowest BCUT2D eigenvalue weighted by Gasteiger charge is -2.09. The minimum atomic E-state index is -0.591. The van der Waals surface area contributed by atoms with E-state index < -0.39 is 6.29 Å². The van der Waals surface area contributed by atoms with Crippen molar-refractivity contribution in [2.24, 2.45) is 7.05 Å². The number of nitrogens with one attached hydrogen (secondary N) is 1. The summed E-state index contributed by atoms with van der Waals surface area (Å²) in [6.07, 6.45) is 4.69. The van der Waals surface area contributed by atoms with Crippen LogP contribution < -0.4 is 0 Å². The highest BCUT2D eigenvalue weighted by Crippen LogP contribution is 2.31. The van der Waals surface area contributed by atoms with Crippen LogP contribution in [0.1, 0.15) is 12.1 Å². The summed E-state index contributed by atoms with van der Waals surface area (Å²) < 4.78 is 14.1. The van der Waals surface area contributed by atoms with E-state index in [0.717, 1.165) is 22.6 Å². The number of hydrogen-bond donors (Lipinski definition) is 1. The Morgan fingerprint density at radius 3 is 2.72 bits per heavy atom. The summed E-state index contributed by atoms with van der Waals surface area (Å²) in [5.41, 5.74) is 3.96. The summed E-state index contributed by atoms with van der Waals surface area (Å²) in [6.45, 7) is 0.